The van der Waals surface area contributed by atoms with Gasteiger partial charge in [0.1, 0.15) is 0 Å². The van der Waals surface area contributed by atoms with Gasteiger partial charge in [-0.3, -0.25) is 0 Å². The first-order valence-corrected chi connectivity index (χ1v) is 9.51. The van der Waals surface area contributed by atoms with Crippen molar-refractivity contribution in [3.8, 4) is 0 Å². The number of hydrogen-bond donors (Lipinski definition) is 2. The highest BCUT2D eigenvalue weighted by Gasteiger charge is 2.27. The van der Waals surface area contributed by atoms with Crippen molar-refractivity contribution in [1.82, 2.24) is 10.6 Å². The lowest BCUT2D eigenvalue weighted by atomic mass is 9.74. The standard InChI is InChI=1S/C20H44N2/c1-15(2)12-17(5)14-22-19(7)13-20(8,9)18(6)10-11-21-16(3)4/h15-19,21-22H,10-14H2,1-9H3/t17-,18?,19?/m0/s1. The molecule has 0 amide bonds. The minimum Gasteiger partial charge on any atom is -0.315 e. The van der Waals surface area contributed by atoms with Crippen LogP contribution in [0.25, 0.3) is 0 Å². The fourth-order valence-corrected chi connectivity index (χ4v) is 3.33. The van der Waals surface area contributed by atoms with Gasteiger partial charge in [-0.15, -0.1) is 0 Å². The molecule has 0 aliphatic rings. The van der Waals surface area contributed by atoms with E-state index in [0.29, 0.717) is 17.5 Å². The molecule has 0 saturated carbocycles. The Bertz CT molecular complexity index is 271. The van der Waals surface area contributed by atoms with E-state index in [-0.39, 0.29) is 0 Å². The van der Waals surface area contributed by atoms with E-state index in [2.05, 4.69) is 72.9 Å². The lowest BCUT2D eigenvalue weighted by molar-refractivity contribution is 0.175. The van der Waals surface area contributed by atoms with E-state index in [4.69, 9.17) is 0 Å². The van der Waals surface area contributed by atoms with Crippen LogP contribution in [0.5, 0.6) is 0 Å². The SMILES string of the molecule is CC(C)C[C@H](C)CNC(C)CC(C)(C)C(C)CCNC(C)C. The van der Waals surface area contributed by atoms with Crippen molar-refractivity contribution >= 4 is 0 Å². The zero-order valence-corrected chi connectivity index (χ0v) is 16.9. The summed E-state index contributed by atoms with van der Waals surface area (Å²) in [6.07, 6.45) is 3.84. The Hall–Kier alpha value is -0.0800. The van der Waals surface area contributed by atoms with Crippen LogP contribution in [0.1, 0.15) is 81.6 Å². The molecule has 22 heavy (non-hydrogen) atoms. The average molecular weight is 313 g/mol. The largest absolute Gasteiger partial charge is 0.315 e. The van der Waals surface area contributed by atoms with E-state index in [1.807, 2.05) is 0 Å². The maximum absolute atomic E-state index is 3.76. The molecule has 0 bridgehead atoms. The van der Waals surface area contributed by atoms with E-state index >= 15 is 0 Å². The number of nitrogens with one attached hydrogen (secondary N) is 2. The summed E-state index contributed by atoms with van der Waals surface area (Å²) in [6, 6.07) is 1.20. The van der Waals surface area contributed by atoms with Gasteiger partial charge in [0.15, 0.2) is 0 Å². The molecule has 0 heterocycles. The van der Waals surface area contributed by atoms with E-state index < -0.39 is 0 Å². The van der Waals surface area contributed by atoms with Crippen LogP contribution in [0.2, 0.25) is 0 Å². The van der Waals surface area contributed by atoms with Crippen molar-refractivity contribution < 1.29 is 0 Å². The van der Waals surface area contributed by atoms with Crippen molar-refractivity contribution in [2.75, 3.05) is 13.1 Å². The minimum atomic E-state index is 0.395. The monoisotopic (exact) mass is 312 g/mol. The predicted octanol–water partition coefficient (Wildman–Crippen LogP) is 5.09. The van der Waals surface area contributed by atoms with Gasteiger partial charge in [0, 0.05) is 12.1 Å². The molecule has 0 radical (unpaired) electrons. The molecule has 134 valence electrons. The third kappa shape index (κ3) is 10.6. The second-order valence-corrected chi connectivity index (χ2v) is 9.04. The fraction of sp³-hybridized carbons (Fsp3) is 1.00. The first-order chi connectivity index (χ1) is 10.0. The highest BCUT2D eigenvalue weighted by Crippen LogP contribution is 2.33. The van der Waals surface area contributed by atoms with Crippen molar-refractivity contribution in [2.24, 2.45) is 23.2 Å². The molecule has 2 nitrogen and oxygen atoms in total. The van der Waals surface area contributed by atoms with Gasteiger partial charge in [0.2, 0.25) is 0 Å². The highest BCUT2D eigenvalue weighted by molar-refractivity contribution is 4.81. The summed E-state index contributed by atoms with van der Waals surface area (Å²) in [5.74, 6) is 2.33. The van der Waals surface area contributed by atoms with Crippen LogP contribution in [-0.4, -0.2) is 25.2 Å². The zero-order chi connectivity index (χ0) is 17.3. The summed E-state index contributed by atoms with van der Waals surface area (Å²) in [5.41, 5.74) is 0.395. The first-order valence-electron chi connectivity index (χ1n) is 9.51. The molecule has 2 unspecified atom stereocenters. The van der Waals surface area contributed by atoms with Crippen LogP contribution in [0.3, 0.4) is 0 Å². The van der Waals surface area contributed by atoms with Crippen molar-refractivity contribution in [1.29, 1.82) is 0 Å². The van der Waals surface area contributed by atoms with E-state index in [9.17, 15) is 0 Å². The Morgan fingerprint density at radius 2 is 1.45 bits per heavy atom. The Labute approximate surface area is 141 Å². The summed E-state index contributed by atoms with van der Waals surface area (Å²) >= 11 is 0. The number of rotatable bonds is 12. The molecule has 2 heteroatoms. The Morgan fingerprint density at radius 3 is 1.95 bits per heavy atom. The maximum atomic E-state index is 3.76. The summed E-state index contributed by atoms with van der Waals surface area (Å²) in [5, 5.41) is 7.30. The lowest BCUT2D eigenvalue weighted by Gasteiger charge is -2.35. The Balaban J connectivity index is 4.10. The molecule has 0 aliphatic carbocycles. The normalized spacial score (nSPS) is 17.0. The molecule has 0 aliphatic heterocycles. The molecule has 0 aromatic heterocycles. The summed E-state index contributed by atoms with van der Waals surface area (Å²) in [4.78, 5) is 0. The summed E-state index contributed by atoms with van der Waals surface area (Å²) < 4.78 is 0. The molecule has 0 aromatic carbocycles. The molecular formula is C20H44N2. The molecule has 2 N–H and O–H groups in total. The van der Waals surface area contributed by atoms with Crippen LogP contribution < -0.4 is 10.6 Å². The molecular weight excluding hydrogens is 268 g/mol. The topological polar surface area (TPSA) is 24.1 Å². The van der Waals surface area contributed by atoms with Crippen LogP contribution in [-0.2, 0) is 0 Å². The molecule has 0 aromatic rings. The van der Waals surface area contributed by atoms with Gasteiger partial charge in [0.05, 0.1) is 0 Å². The average Bonchev–Trinajstić information content (AvgIpc) is 2.34. The highest BCUT2D eigenvalue weighted by atomic mass is 14.9. The smallest absolute Gasteiger partial charge is 0.00440 e. The number of hydrogen-bond acceptors (Lipinski definition) is 2. The maximum Gasteiger partial charge on any atom is 0.00440 e. The van der Waals surface area contributed by atoms with Gasteiger partial charge in [-0.05, 0) is 62.4 Å². The lowest BCUT2D eigenvalue weighted by Crippen LogP contribution is -2.37. The third-order valence-corrected chi connectivity index (χ3v) is 4.98. The summed E-state index contributed by atoms with van der Waals surface area (Å²) in [7, 11) is 0. The van der Waals surface area contributed by atoms with Gasteiger partial charge < -0.3 is 10.6 Å². The Morgan fingerprint density at radius 1 is 0.864 bits per heavy atom. The summed E-state index contributed by atoms with van der Waals surface area (Å²) in [6.45, 7) is 23.4. The van der Waals surface area contributed by atoms with Crippen LogP contribution in [0.15, 0.2) is 0 Å². The molecule has 0 rings (SSSR count). The van der Waals surface area contributed by atoms with Crippen molar-refractivity contribution in [3.63, 3.8) is 0 Å². The van der Waals surface area contributed by atoms with E-state index in [0.717, 1.165) is 30.8 Å². The van der Waals surface area contributed by atoms with Gasteiger partial charge in [-0.25, -0.2) is 0 Å². The van der Waals surface area contributed by atoms with Crippen LogP contribution in [0, 0.1) is 23.2 Å². The minimum absolute atomic E-state index is 0.395. The van der Waals surface area contributed by atoms with E-state index in [1.165, 1.54) is 19.3 Å². The second-order valence-electron chi connectivity index (χ2n) is 9.04. The molecule has 3 atom stereocenters. The van der Waals surface area contributed by atoms with Gasteiger partial charge in [-0.2, -0.15) is 0 Å². The second kappa shape index (κ2) is 10.6. The van der Waals surface area contributed by atoms with Crippen LogP contribution >= 0.6 is 0 Å². The molecule has 0 spiro atoms. The molecule has 0 saturated heterocycles. The van der Waals surface area contributed by atoms with Crippen LogP contribution in [0.4, 0.5) is 0 Å². The van der Waals surface area contributed by atoms with Gasteiger partial charge in [0.25, 0.3) is 0 Å². The Kier molecular flexibility index (Phi) is 10.6. The van der Waals surface area contributed by atoms with Gasteiger partial charge in [-0.1, -0.05) is 55.4 Å². The van der Waals surface area contributed by atoms with E-state index in [1.54, 1.807) is 0 Å². The van der Waals surface area contributed by atoms with Crippen molar-refractivity contribution in [2.45, 2.75) is 93.7 Å². The van der Waals surface area contributed by atoms with Crippen molar-refractivity contribution in [3.05, 3.63) is 0 Å². The zero-order valence-electron chi connectivity index (χ0n) is 16.9. The third-order valence-electron chi connectivity index (χ3n) is 4.98. The molecule has 0 fully saturated rings. The predicted molar refractivity (Wildman–Crippen MR) is 101 cm³/mol. The fourth-order valence-electron chi connectivity index (χ4n) is 3.33. The quantitative estimate of drug-likeness (QED) is 0.524. The van der Waals surface area contributed by atoms with Gasteiger partial charge >= 0.3 is 0 Å². The first kappa shape index (κ1) is 21.9.